The summed E-state index contributed by atoms with van der Waals surface area (Å²) in [7, 11) is 1.99. The van der Waals surface area contributed by atoms with Crippen molar-refractivity contribution in [3.63, 3.8) is 0 Å². The topological polar surface area (TPSA) is 92.4 Å². The number of nitrogens with one attached hydrogen (secondary N) is 1. The fraction of sp³-hybridized carbons (Fsp3) is 0.571. The molecule has 4 rings (SSSR count). The summed E-state index contributed by atoms with van der Waals surface area (Å²) >= 11 is 0. The van der Waals surface area contributed by atoms with E-state index in [1.165, 1.54) is 24.2 Å². The molecule has 0 saturated heterocycles. The number of amides is 1. The van der Waals surface area contributed by atoms with Gasteiger partial charge in [0.05, 0.1) is 17.3 Å². The number of aromatic nitrogens is 3. The summed E-state index contributed by atoms with van der Waals surface area (Å²) in [6.45, 7) is 6.08. The number of carboxylic acid groups (broad SMARTS) is 1. The maximum Gasteiger partial charge on any atom is 0.490 e. The zero-order chi connectivity index (χ0) is 23.5. The molecule has 1 unspecified atom stereocenters. The number of carboxylic acids is 1. The number of aliphatic carboxylic acids is 1. The second-order valence-electron chi connectivity index (χ2n) is 8.41. The van der Waals surface area contributed by atoms with Crippen LogP contribution in [0, 0.1) is 18.8 Å². The minimum Gasteiger partial charge on any atom is -0.475 e. The molecule has 2 aromatic heterocycles. The van der Waals surface area contributed by atoms with Gasteiger partial charge in [-0.2, -0.15) is 18.3 Å². The SMILES string of the molecule is Cc1cc(CN2Cc3cccn3CC(C(=O)NCC3CC3)C2)n(C)n1.O=C(O)C(F)(F)F. The second-order valence-corrected chi connectivity index (χ2v) is 8.41. The molecule has 1 amide bonds. The fourth-order valence-corrected chi connectivity index (χ4v) is 3.71. The molecule has 8 nitrogen and oxygen atoms in total. The summed E-state index contributed by atoms with van der Waals surface area (Å²) in [6.07, 6.45) is -0.467. The third-order valence-electron chi connectivity index (χ3n) is 5.56. The number of nitrogens with zero attached hydrogens (tertiary/aromatic N) is 4. The van der Waals surface area contributed by atoms with Crippen LogP contribution in [0.2, 0.25) is 0 Å². The molecule has 0 radical (unpaired) electrons. The first kappa shape index (κ1) is 23.8. The van der Waals surface area contributed by atoms with E-state index in [-0.39, 0.29) is 11.8 Å². The maximum atomic E-state index is 12.7. The first-order chi connectivity index (χ1) is 15.0. The Balaban J connectivity index is 0.000000360. The second kappa shape index (κ2) is 9.76. The van der Waals surface area contributed by atoms with Crippen molar-refractivity contribution in [2.24, 2.45) is 18.9 Å². The average molecular weight is 455 g/mol. The molecule has 1 saturated carbocycles. The van der Waals surface area contributed by atoms with E-state index in [2.05, 4.69) is 44.3 Å². The lowest BCUT2D eigenvalue weighted by Gasteiger charge is -2.23. The van der Waals surface area contributed by atoms with Crippen molar-refractivity contribution in [3.8, 4) is 0 Å². The molecular weight excluding hydrogens is 427 g/mol. The highest BCUT2D eigenvalue weighted by atomic mass is 19.4. The number of hydrogen-bond acceptors (Lipinski definition) is 4. The predicted octanol–water partition coefficient (Wildman–Crippen LogP) is 2.32. The molecule has 3 heterocycles. The number of aryl methyl sites for hydroxylation is 2. The van der Waals surface area contributed by atoms with Crippen molar-refractivity contribution in [1.29, 1.82) is 0 Å². The number of hydrogen-bond donors (Lipinski definition) is 2. The van der Waals surface area contributed by atoms with E-state index in [0.29, 0.717) is 5.92 Å². The van der Waals surface area contributed by atoms with E-state index < -0.39 is 12.1 Å². The van der Waals surface area contributed by atoms with Crippen LogP contribution < -0.4 is 5.32 Å². The number of rotatable bonds is 5. The number of carbonyl (C=O) groups excluding carboxylic acids is 1. The van der Waals surface area contributed by atoms with Gasteiger partial charge in [0, 0.05) is 51.7 Å². The summed E-state index contributed by atoms with van der Waals surface area (Å²) in [4.78, 5) is 24.0. The highest BCUT2D eigenvalue weighted by Gasteiger charge is 2.38. The molecule has 2 aromatic rings. The molecule has 2 aliphatic rings. The Morgan fingerprint density at radius 3 is 2.53 bits per heavy atom. The van der Waals surface area contributed by atoms with Gasteiger partial charge in [-0.05, 0) is 43.9 Å². The third-order valence-corrected chi connectivity index (χ3v) is 5.56. The Kier molecular flexibility index (Phi) is 7.27. The van der Waals surface area contributed by atoms with Crippen molar-refractivity contribution < 1.29 is 27.9 Å². The van der Waals surface area contributed by atoms with Crippen LogP contribution >= 0.6 is 0 Å². The van der Waals surface area contributed by atoms with Crippen LogP contribution in [-0.4, -0.2) is 55.5 Å². The number of carbonyl (C=O) groups is 2. The lowest BCUT2D eigenvalue weighted by Crippen LogP contribution is -2.39. The highest BCUT2D eigenvalue weighted by molar-refractivity contribution is 5.79. The summed E-state index contributed by atoms with van der Waals surface area (Å²) < 4.78 is 35.9. The molecule has 32 heavy (non-hydrogen) atoms. The first-order valence-electron chi connectivity index (χ1n) is 10.5. The van der Waals surface area contributed by atoms with Gasteiger partial charge in [-0.1, -0.05) is 0 Å². The molecule has 1 atom stereocenters. The Bertz CT molecular complexity index is 949. The largest absolute Gasteiger partial charge is 0.490 e. The van der Waals surface area contributed by atoms with Crippen molar-refractivity contribution in [3.05, 3.63) is 41.5 Å². The van der Waals surface area contributed by atoms with E-state index in [4.69, 9.17) is 9.90 Å². The van der Waals surface area contributed by atoms with E-state index in [0.717, 1.165) is 38.4 Å². The highest BCUT2D eigenvalue weighted by Crippen LogP contribution is 2.28. The van der Waals surface area contributed by atoms with Gasteiger partial charge in [-0.15, -0.1) is 0 Å². The lowest BCUT2D eigenvalue weighted by atomic mass is 10.1. The first-order valence-corrected chi connectivity index (χ1v) is 10.5. The molecule has 176 valence electrons. The summed E-state index contributed by atoms with van der Waals surface area (Å²) in [6, 6.07) is 6.37. The third kappa shape index (κ3) is 6.59. The van der Waals surface area contributed by atoms with Gasteiger partial charge in [-0.3, -0.25) is 14.4 Å². The van der Waals surface area contributed by atoms with Crippen LogP contribution in [0.4, 0.5) is 13.2 Å². The van der Waals surface area contributed by atoms with Crippen LogP contribution in [0.1, 0.15) is 29.9 Å². The normalized spacial score (nSPS) is 18.8. The molecule has 1 aliphatic heterocycles. The van der Waals surface area contributed by atoms with Gasteiger partial charge in [0.25, 0.3) is 0 Å². The van der Waals surface area contributed by atoms with Gasteiger partial charge in [0.2, 0.25) is 5.91 Å². The Hall–Kier alpha value is -2.82. The molecule has 2 N–H and O–H groups in total. The zero-order valence-electron chi connectivity index (χ0n) is 18.1. The van der Waals surface area contributed by atoms with Crippen molar-refractivity contribution in [1.82, 2.24) is 24.6 Å². The fourth-order valence-electron chi connectivity index (χ4n) is 3.71. The van der Waals surface area contributed by atoms with Crippen LogP contribution in [0.3, 0.4) is 0 Å². The molecule has 1 fully saturated rings. The van der Waals surface area contributed by atoms with Crippen molar-refractivity contribution in [2.45, 2.75) is 45.6 Å². The number of fused-ring (bicyclic) bond motifs is 1. The predicted molar refractivity (Wildman–Crippen MR) is 109 cm³/mol. The minimum atomic E-state index is -5.08. The Morgan fingerprint density at radius 2 is 1.97 bits per heavy atom. The maximum absolute atomic E-state index is 12.7. The van der Waals surface area contributed by atoms with Gasteiger partial charge in [0.1, 0.15) is 0 Å². The van der Waals surface area contributed by atoms with Crippen molar-refractivity contribution in [2.75, 3.05) is 13.1 Å². The zero-order valence-corrected chi connectivity index (χ0v) is 18.1. The minimum absolute atomic E-state index is 0.0123. The quantitative estimate of drug-likeness (QED) is 0.722. The molecule has 1 aliphatic carbocycles. The number of alkyl halides is 3. The van der Waals surface area contributed by atoms with Gasteiger partial charge in [0.15, 0.2) is 0 Å². The Labute approximate surface area is 184 Å². The molecule has 0 aromatic carbocycles. The summed E-state index contributed by atoms with van der Waals surface area (Å²) in [5, 5.41) is 14.7. The average Bonchev–Trinajstić information content (AvgIpc) is 3.39. The lowest BCUT2D eigenvalue weighted by molar-refractivity contribution is -0.192. The number of halogens is 3. The molecule has 0 spiro atoms. The Morgan fingerprint density at radius 1 is 1.28 bits per heavy atom. The van der Waals surface area contributed by atoms with E-state index in [1.807, 2.05) is 18.7 Å². The molecule has 11 heteroatoms. The van der Waals surface area contributed by atoms with Crippen LogP contribution in [-0.2, 0) is 36.3 Å². The summed E-state index contributed by atoms with van der Waals surface area (Å²) in [5.41, 5.74) is 3.50. The van der Waals surface area contributed by atoms with Gasteiger partial charge >= 0.3 is 12.1 Å². The molecular formula is C21H28F3N5O3. The monoisotopic (exact) mass is 455 g/mol. The van der Waals surface area contributed by atoms with Gasteiger partial charge < -0.3 is 15.0 Å². The van der Waals surface area contributed by atoms with Crippen LogP contribution in [0.15, 0.2) is 24.4 Å². The van der Waals surface area contributed by atoms with E-state index >= 15 is 0 Å². The van der Waals surface area contributed by atoms with E-state index in [9.17, 15) is 18.0 Å². The van der Waals surface area contributed by atoms with E-state index in [1.54, 1.807) is 0 Å². The van der Waals surface area contributed by atoms with Crippen LogP contribution in [0.25, 0.3) is 0 Å². The smallest absolute Gasteiger partial charge is 0.475 e. The van der Waals surface area contributed by atoms with Crippen LogP contribution in [0.5, 0.6) is 0 Å². The standard InChI is InChI=1S/C19H27N5O.C2HF3O2/c1-14-8-18(22(2)21-14)13-23-10-16(19(25)20-9-15-5-6-15)11-24-7-3-4-17(24)12-23;3-2(4,5)1(6)7/h3-4,7-8,15-16H,5-6,9-13H2,1-2H3,(H,20,25);(H,6,7). The van der Waals surface area contributed by atoms with Crippen molar-refractivity contribution >= 4 is 11.9 Å². The summed E-state index contributed by atoms with van der Waals surface area (Å²) in [5.74, 6) is -1.86. The molecule has 0 bridgehead atoms. The van der Waals surface area contributed by atoms with Gasteiger partial charge in [-0.25, -0.2) is 4.79 Å².